The Morgan fingerprint density at radius 1 is 0.976 bits per heavy atom. The second kappa shape index (κ2) is 11.9. The SMILES string of the molecule is CCOC(=O)CC(c1ccc2ccccc2c1)n1ccc2cc(OCCc3ccc4c(n3)N(C(=O)O)CCC4)ccc21. The van der Waals surface area contributed by atoms with Gasteiger partial charge in [-0.2, -0.15) is 0 Å². The maximum atomic E-state index is 12.6. The molecule has 1 aliphatic heterocycles. The number of aryl methyl sites for hydroxylation is 1. The maximum absolute atomic E-state index is 12.6. The number of nitrogens with zero attached hydrogens (tertiary/aromatic N) is 3. The molecule has 5 aromatic rings. The van der Waals surface area contributed by atoms with Crippen molar-refractivity contribution in [2.75, 3.05) is 24.7 Å². The van der Waals surface area contributed by atoms with Gasteiger partial charge in [0.05, 0.1) is 25.7 Å². The van der Waals surface area contributed by atoms with Gasteiger partial charge in [-0.15, -0.1) is 0 Å². The van der Waals surface area contributed by atoms with Crippen molar-refractivity contribution in [1.82, 2.24) is 9.55 Å². The highest BCUT2D eigenvalue weighted by molar-refractivity contribution is 5.86. The average molecular weight is 564 g/mol. The molecule has 1 amide bonds. The van der Waals surface area contributed by atoms with Crippen LogP contribution < -0.4 is 9.64 Å². The number of esters is 1. The Bertz CT molecular complexity index is 1760. The molecule has 0 saturated heterocycles. The minimum absolute atomic E-state index is 0.224. The Balaban J connectivity index is 1.20. The number of carbonyl (C=O) groups excluding carboxylic acids is 1. The Morgan fingerprint density at radius 2 is 1.83 bits per heavy atom. The van der Waals surface area contributed by atoms with Gasteiger partial charge in [0, 0.05) is 35.8 Å². The summed E-state index contributed by atoms with van der Waals surface area (Å²) in [6.07, 6.45) is 3.47. The van der Waals surface area contributed by atoms with E-state index in [0.29, 0.717) is 32.0 Å². The highest BCUT2D eigenvalue weighted by atomic mass is 16.5. The summed E-state index contributed by atoms with van der Waals surface area (Å²) in [7, 11) is 0. The molecule has 42 heavy (non-hydrogen) atoms. The van der Waals surface area contributed by atoms with Crippen molar-refractivity contribution in [1.29, 1.82) is 0 Å². The first-order valence-corrected chi connectivity index (χ1v) is 14.4. The summed E-state index contributed by atoms with van der Waals surface area (Å²) in [5.74, 6) is 1.04. The van der Waals surface area contributed by atoms with E-state index >= 15 is 0 Å². The molecule has 3 heterocycles. The van der Waals surface area contributed by atoms with Crippen LogP contribution in [0.15, 0.2) is 85.1 Å². The lowest BCUT2D eigenvalue weighted by atomic mass is 9.99. The Labute approximate surface area is 244 Å². The third-order valence-corrected chi connectivity index (χ3v) is 7.81. The van der Waals surface area contributed by atoms with Crippen molar-refractivity contribution in [2.45, 2.75) is 38.6 Å². The van der Waals surface area contributed by atoms with Crippen LogP contribution in [-0.2, 0) is 22.4 Å². The Hall–Kier alpha value is -4.85. The third kappa shape index (κ3) is 5.65. The number of aromatic nitrogens is 2. The van der Waals surface area contributed by atoms with E-state index in [1.165, 1.54) is 4.90 Å². The zero-order valence-electron chi connectivity index (χ0n) is 23.5. The number of carboxylic acid groups (broad SMARTS) is 1. The van der Waals surface area contributed by atoms with E-state index in [1.54, 1.807) is 0 Å². The van der Waals surface area contributed by atoms with Crippen molar-refractivity contribution < 1.29 is 24.2 Å². The van der Waals surface area contributed by atoms with Gasteiger partial charge in [-0.25, -0.2) is 9.78 Å². The van der Waals surface area contributed by atoms with Gasteiger partial charge in [0.25, 0.3) is 0 Å². The molecule has 0 saturated carbocycles. The molecule has 0 radical (unpaired) electrons. The van der Waals surface area contributed by atoms with Crippen molar-refractivity contribution in [3.05, 3.63) is 102 Å². The van der Waals surface area contributed by atoms with Crippen molar-refractivity contribution in [3.8, 4) is 5.75 Å². The molecule has 0 aliphatic carbocycles. The van der Waals surface area contributed by atoms with E-state index in [4.69, 9.17) is 9.47 Å². The van der Waals surface area contributed by atoms with E-state index in [2.05, 4.69) is 39.9 Å². The lowest BCUT2D eigenvalue weighted by Gasteiger charge is -2.26. The molecule has 2 aromatic heterocycles. The number of hydrogen-bond donors (Lipinski definition) is 1. The summed E-state index contributed by atoms with van der Waals surface area (Å²) >= 11 is 0. The van der Waals surface area contributed by atoms with Crippen LogP contribution in [0.3, 0.4) is 0 Å². The first-order chi connectivity index (χ1) is 20.5. The number of carbonyl (C=O) groups is 2. The van der Waals surface area contributed by atoms with E-state index in [1.807, 2.05) is 61.7 Å². The zero-order chi connectivity index (χ0) is 29.1. The maximum Gasteiger partial charge on any atom is 0.413 e. The van der Waals surface area contributed by atoms with Gasteiger partial charge in [0.15, 0.2) is 0 Å². The first kappa shape index (κ1) is 27.3. The number of anilines is 1. The second-order valence-electron chi connectivity index (χ2n) is 10.5. The summed E-state index contributed by atoms with van der Waals surface area (Å²) in [6.45, 7) is 3.04. The van der Waals surface area contributed by atoms with Crippen LogP contribution in [0.1, 0.15) is 42.6 Å². The van der Waals surface area contributed by atoms with Crippen molar-refractivity contribution in [3.63, 3.8) is 0 Å². The molecule has 0 bridgehead atoms. The molecular weight excluding hydrogens is 530 g/mol. The average Bonchev–Trinajstić information content (AvgIpc) is 3.42. The van der Waals surface area contributed by atoms with Gasteiger partial charge < -0.3 is 19.1 Å². The van der Waals surface area contributed by atoms with Gasteiger partial charge in [-0.3, -0.25) is 9.69 Å². The summed E-state index contributed by atoms with van der Waals surface area (Å²) in [5.41, 5.74) is 3.80. The fraction of sp³-hybridized carbons (Fsp3) is 0.265. The molecule has 8 nitrogen and oxygen atoms in total. The zero-order valence-corrected chi connectivity index (χ0v) is 23.5. The lowest BCUT2D eigenvalue weighted by Crippen LogP contribution is -2.35. The molecule has 0 fully saturated rings. The number of hydrogen-bond acceptors (Lipinski definition) is 5. The Kier molecular flexibility index (Phi) is 7.77. The fourth-order valence-electron chi connectivity index (χ4n) is 5.75. The summed E-state index contributed by atoms with van der Waals surface area (Å²) < 4.78 is 13.5. The van der Waals surface area contributed by atoms with Crippen LogP contribution >= 0.6 is 0 Å². The van der Waals surface area contributed by atoms with E-state index < -0.39 is 6.09 Å². The van der Waals surface area contributed by atoms with Gasteiger partial charge in [-0.05, 0) is 78.1 Å². The molecule has 1 aliphatic rings. The summed E-state index contributed by atoms with van der Waals surface area (Å²) in [6, 6.07) is 26.2. The standard InChI is InChI=1S/C34H33N3O5/c1-2-41-32(38)22-31(26-10-9-23-6-3-4-7-25(23)20-26)36-18-15-27-21-29(13-14-30(27)36)42-19-16-28-12-11-24-8-5-17-37(34(39)40)33(24)35-28/h3-4,6-7,9-15,18,20-21,31H,2,5,8,16-17,19,22H2,1H3,(H,39,40). The van der Waals surface area contributed by atoms with Gasteiger partial charge >= 0.3 is 12.1 Å². The predicted molar refractivity (Wildman–Crippen MR) is 162 cm³/mol. The van der Waals surface area contributed by atoms with E-state index in [-0.39, 0.29) is 18.4 Å². The monoisotopic (exact) mass is 563 g/mol. The van der Waals surface area contributed by atoms with E-state index in [9.17, 15) is 14.7 Å². The molecule has 214 valence electrons. The van der Waals surface area contributed by atoms with Gasteiger partial charge in [0.1, 0.15) is 11.6 Å². The van der Waals surface area contributed by atoms with Crippen LogP contribution in [0.5, 0.6) is 5.75 Å². The fourth-order valence-corrected chi connectivity index (χ4v) is 5.75. The number of benzene rings is 3. The first-order valence-electron chi connectivity index (χ1n) is 14.4. The van der Waals surface area contributed by atoms with Crippen LogP contribution in [0, 0.1) is 0 Å². The lowest BCUT2D eigenvalue weighted by molar-refractivity contribution is -0.143. The normalized spacial score (nSPS) is 13.6. The van der Waals surface area contributed by atoms with Gasteiger partial charge in [0.2, 0.25) is 0 Å². The molecule has 8 heteroatoms. The quantitative estimate of drug-likeness (QED) is 0.199. The second-order valence-corrected chi connectivity index (χ2v) is 10.5. The highest BCUT2D eigenvalue weighted by Gasteiger charge is 2.24. The van der Waals surface area contributed by atoms with Crippen molar-refractivity contribution in [2.24, 2.45) is 0 Å². The number of rotatable bonds is 9. The summed E-state index contributed by atoms with van der Waals surface area (Å²) in [5, 5.41) is 12.8. The third-order valence-electron chi connectivity index (χ3n) is 7.81. The molecular formula is C34H33N3O5. The minimum Gasteiger partial charge on any atom is -0.493 e. The largest absolute Gasteiger partial charge is 0.493 e. The number of fused-ring (bicyclic) bond motifs is 3. The smallest absolute Gasteiger partial charge is 0.413 e. The van der Waals surface area contributed by atoms with Crippen LogP contribution in [0.2, 0.25) is 0 Å². The van der Waals surface area contributed by atoms with Crippen LogP contribution in [-0.4, -0.2) is 46.5 Å². The summed E-state index contributed by atoms with van der Waals surface area (Å²) in [4.78, 5) is 30.2. The molecule has 6 rings (SSSR count). The van der Waals surface area contributed by atoms with Crippen molar-refractivity contribution >= 4 is 39.6 Å². The van der Waals surface area contributed by atoms with Crippen LogP contribution in [0.4, 0.5) is 10.6 Å². The van der Waals surface area contributed by atoms with Crippen LogP contribution in [0.25, 0.3) is 21.7 Å². The number of pyridine rings is 1. The van der Waals surface area contributed by atoms with E-state index in [0.717, 1.165) is 57.1 Å². The molecule has 1 atom stereocenters. The number of amides is 1. The highest BCUT2D eigenvalue weighted by Crippen LogP contribution is 2.32. The molecule has 0 spiro atoms. The predicted octanol–water partition coefficient (Wildman–Crippen LogP) is 6.78. The minimum atomic E-state index is -0.970. The molecule has 1 unspecified atom stereocenters. The topological polar surface area (TPSA) is 93.9 Å². The molecule has 1 N–H and O–H groups in total. The Morgan fingerprint density at radius 3 is 2.67 bits per heavy atom. The van der Waals surface area contributed by atoms with Gasteiger partial charge in [-0.1, -0.05) is 42.5 Å². The molecule has 3 aromatic carbocycles. The number of ether oxygens (including phenoxy) is 2.